The highest BCUT2D eigenvalue weighted by atomic mass is 19.1. The lowest BCUT2D eigenvalue weighted by molar-refractivity contribution is -0.0833. The van der Waals surface area contributed by atoms with Crippen molar-refractivity contribution in [1.29, 1.82) is 0 Å². The lowest BCUT2D eigenvalue weighted by Crippen LogP contribution is -2.34. The van der Waals surface area contributed by atoms with Crippen LogP contribution in [-0.4, -0.2) is 34.3 Å². The Kier molecular flexibility index (Phi) is 7.07. The first kappa shape index (κ1) is 22.6. The van der Waals surface area contributed by atoms with Crippen LogP contribution in [0.2, 0.25) is 0 Å². The molecular formula is C24H21FN2O6. The predicted octanol–water partition coefficient (Wildman–Crippen LogP) is 2.13. The van der Waals surface area contributed by atoms with E-state index in [9.17, 15) is 18.8 Å². The topological polar surface area (TPSA) is 99.6 Å². The summed E-state index contributed by atoms with van der Waals surface area (Å²) in [6, 6.07) is 18.8. The Hall–Kier alpha value is -3.62. The quantitative estimate of drug-likeness (QED) is 0.526. The number of hydrogen-bond acceptors (Lipinski definition) is 6. The Morgan fingerprint density at radius 2 is 1.64 bits per heavy atom. The molecule has 0 bridgehead atoms. The summed E-state index contributed by atoms with van der Waals surface area (Å²) < 4.78 is 32.3. The molecule has 0 saturated carbocycles. The summed E-state index contributed by atoms with van der Waals surface area (Å²) in [4.78, 5) is 37.4. The molecule has 9 heteroatoms. The Bertz CT molecular complexity index is 1250. The number of carbonyl (C=O) groups excluding carboxylic acids is 1. The molecule has 3 aromatic rings. The molecule has 3 atom stereocenters. The molecule has 1 N–H and O–H groups in total. The summed E-state index contributed by atoms with van der Waals surface area (Å²) in [6.45, 7) is 0.498. The first-order valence-electron chi connectivity index (χ1n) is 10.3. The van der Waals surface area contributed by atoms with Gasteiger partial charge in [-0.05, 0) is 11.1 Å². The van der Waals surface area contributed by atoms with Gasteiger partial charge in [-0.2, -0.15) is 4.39 Å². The molecule has 1 fully saturated rings. The van der Waals surface area contributed by atoms with E-state index in [2.05, 4.69) is 0 Å². The first-order chi connectivity index (χ1) is 16.1. The molecule has 0 amide bonds. The number of nitrogens with zero attached hydrogens (tertiary/aromatic N) is 1. The van der Waals surface area contributed by atoms with Crippen molar-refractivity contribution in [3.05, 3.63) is 110 Å². The molecule has 33 heavy (non-hydrogen) atoms. The maximum Gasteiger partial charge on any atom is 0.330 e. The van der Waals surface area contributed by atoms with Crippen molar-refractivity contribution in [3.8, 4) is 0 Å². The van der Waals surface area contributed by atoms with Gasteiger partial charge in [-0.3, -0.25) is 14.3 Å². The van der Waals surface area contributed by atoms with E-state index in [1.807, 2.05) is 65.6 Å². The van der Waals surface area contributed by atoms with Crippen molar-refractivity contribution in [2.24, 2.45) is 0 Å². The van der Waals surface area contributed by atoms with Gasteiger partial charge in [0.15, 0.2) is 6.23 Å². The van der Waals surface area contributed by atoms with Gasteiger partial charge in [-0.1, -0.05) is 60.7 Å². The molecule has 1 aliphatic rings. The zero-order valence-corrected chi connectivity index (χ0v) is 17.5. The first-order valence-corrected chi connectivity index (χ1v) is 10.3. The third kappa shape index (κ3) is 5.24. The lowest BCUT2D eigenvalue weighted by atomic mass is 10.1. The molecule has 1 saturated heterocycles. The van der Waals surface area contributed by atoms with Crippen molar-refractivity contribution < 1.29 is 23.4 Å². The molecule has 4 rings (SSSR count). The van der Waals surface area contributed by atoms with Crippen molar-refractivity contribution in [2.45, 2.75) is 31.6 Å². The average Bonchev–Trinajstić information content (AvgIpc) is 3.18. The van der Waals surface area contributed by atoms with Crippen LogP contribution < -0.4 is 11.2 Å². The monoisotopic (exact) mass is 452 g/mol. The molecule has 2 aromatic carbocycles. The fourth-order valence-corrected chi connectivity index (χ4v) is 3.56. The molecule has 0 radical (unpaired) electrons. The second-order valence-corrected chi connectivity index (χ2v) is 7.45. The standard InChI is InChI=1S/C24H21FN2O6/c25-19-11-27(24(30)26-22(19)29)23-18(12-28)21(32-14-17-9-5-2-6-10-17)20(33-23)15-31-13-16-7-3-1-4-8-16/h1-11,20-21,23H,13-15H2,(H,26,29,30)/t20-,21+,23-/m1/s1. The fourth-order valence-electron chi connectivity index (χ4n) is 3.56. The SMILES string of the molecule is O=C=C1[C@H](n2cc(F)c(=O)[nH]c2=O)O[C@H](COCc2ccccc2)[C@H]1OCc1ccccc1. The molecule has 0 spiro atoms. The number of hydrogen-bond donors (Lipinski definition) is 1. The Labute approximate surface area is 187 Å². The third-order valence-electron chi connectivity index (χ3n) is 5.17. The number of H-pyrrole nitrogens is 1. The van der Waals surface area contributed by atoms with E-state index in [1.165, 1.54) is 0 Å². The number of halogens is 1. The Balaban J connectivity index is 1.57. The highest BCUT2D eigenvalue weighted by molar-refractivity contribution is 5.56. The van der Waals surface area contributed by atoms with Crippen LogP contribution in [-0.2, 0) is 32.2 Å². The average molecular weight is 452 g/mol. The van der Waals surface area contributed by atoms with Crippen molar-refractivity contribution >= 4 is 5.94 Å². The van der Waals surface area contributed by atoms with Gasteiger partial charge in [-0.25, -0.2) is 9.59 Å². The van der Waals surface area contributed by atoms with E-state index in [0.717, 1.165) is 15.7 Å². The van der Waals surface area contributed by atoms with Gasteiger partial charge in [0.25, 0.3) is 5.56 Å². The smallest absolute Gasteiger partial charge is 0.330 e. The Morgan fingerprint density at radius 3 is 2.27 bits per heavy atom. The summed E-state index contributed by atoms with van der Waals surface area (Å²) in [6.07, 6.45) is -2.27. The molecule has 1 aromatic heterocycles. The molecule has 170 valence electrons. The number of ether oxygens (including phenoxy) is 3. The summed E-state index contributed by atoms with van der Waals surface area (Å²) >= 11 is 0. The van der Waals surface area contributed by atoms with Crippen molar-refractivity contribution in [3.63, 3.8) is 0 Å². The number of benzene rings is 2. The van der Waals surface area contributed by atoms with E-state index >= 15 is 0 Å². The summed E-state index contributed by atoms with van der Waals surface area (Å²) in [5, 5.41) is 0. The van der Waals surface area contributed by atoms with E-state index in [-0.39, 0.29) is 18.8 Å². The summed E-state index contributed by atoms with van der Waals surface area (Å²) in [5.74, 6) is 0.599. The van der Waals surface area contributed by atoms with E-state index in [1.54, 1.807) is 5.94 Å². The zero-order chi connectivity index (χ0) is 23.2. The van der Waals surface area contributed by atoms with Crippen LogP contribution in [0.4, 0.5) is 4.39 Å². The van der Waals surface area contributed by atoms with Crippen LogP contribution in [0.15, 0.2) is 82.0 Å². The van der Waals surface area contributed by atoms with Gasteiger partial charge >= 0.3 is 5.69 Å². The lowest BCUT2D eigenvalue weighted by Gasteiger charge is -2.19. The zero-order valence-electron chi connectivity index (χ0n) is 17.5. The summed E-state index contributed by atoms with van der Waals surface area (Å²) in [7, 11) is 0. The second kappa shape index (κ2) is 10.3. The largest absolute Gasteiger partial charge is 0.374 e. The minimum atomic E-state index is -1.30. The molecule has 8 nitrogen and oxygen atoms in total. The van der Waals surface area contributed by atoms with Crippen molar-refractivity contribution in [2.75, 3.05) is 6.61 Å². The molecule has 0 unspecified atom stereocenters. The molecule has 2 heterocycles. The van der Waals surface area contributed by atoms with Gasteiger partial charge in [0.2, 0.25) is 5.82 Å². The van der Waals surface area contributed by atoms with Crippen LogP contribution >= 0.6 is 0 Å². The maximum absolute atomic E-state index is 13.9. The van der Waals surface area contributed by atoms with Gasteiger partial charge < -0.3 is 14.2 Å². The number of aromatic amines is 1. The minimum absolute atomic E-state index is 0.0345. The van der Waals surface area contributed by atoms with Gasteiger partial charge in [0.05, 0.1) is 31.6 Å². The van der Waals surface area contributed by atoms with Crippen LogP contribution in [0.3, 0.4) is 0 Å². The maximum atomic E-state index is 13.9. The fraction of sp³-hybridized carbons (Fsp3) is 0.250. The highest BCUT2D eigenvalue weighted by Gasteiger charge is 2.43. The Morgan fingerprint density at radius 1 is 1.00 bits per heavy atom. The molecule has 0 aliphatic carbocycles. The minimum Gasteiger partial charge on any atom is -0.374 e. The van der Waals surface area contributed by atoms with Crippen LogP contribution in [0.25, 0.3) is 0 Å². The van der Waals surface area contributed by atoms with Gasteiger partial charge in [-0.15, -0.1) is 0 Å². The van der Waals surface area contributed by atoms with E-state index in [4.69, 9.17) is 14.2 Å². The third-order valence-corrected chi connectivity index (χ3v) is 5.17. The van der Waals surface area contributed by atoms with Crippen LogP contribution in [0.5, 0.6) is 0 Å². The highest BCUT2D eigenvalue weighted by Crippen LogP contribution is 2.34. The van der Waals surface area contributed by atoms with E-state index in [0.29, 0.717) is 12.8 Å². The number of nitrogens with one attached hydrogen (secondary N) is 1. The van der Waals surface area contributed by atoms with E-state index < -0.39 is 35.5 Å². The van der Waals surface area contributed by atoms with Crippen LogP contribution in [0.1, 0.15) is 17.4 Å². The summed E-state index contributed by atoms with van der Waals surface area (Å²) in [5.41, 5.74) is -0.314. The number of rotatable bonds is 8. The van der Waals surface area contributed by atoms with Crippen molar-refractivity contribution in [1.82, 2.24) is 9.55 Å². The van der Waals surface area contributed by atoms with Gasteiger partial charge in [0.1, 0.15) is 18.1 Å². The van der Waals surface area contributed by atoms with Crippen LogP contribution in [0, 0.1) is 5.82 Å². The normalized spacial score (nSPS) is 20.0. The number of aromatic nitrogens is 2. The predicted molar refractivity (Wildman–Crippen MR) is 116 cm³/mol. The van der Waals surface area contributed by atoms with Gasteiger partial charge in [0, 0.05) is 0 Å². The second-order valence-electron chi connectivity index (χ2n) is 7.45. The molecule has 1 aliphatic heterocycles. The molecular weight excluding hydrogens is 431 g/mol.